The number of rotatable bonds is 5. The van der Waals surface area contributed by atoms with E-state index < -0.39 is 11.7 Å². The number of hydrogen-bond donors (Lipinski definition) is 3. The van der Waals surface area contributed by atoms with Crippen LogP contribution >= 0.6 is 0 Å². The van der Waals surface area contributed by atoms with Crippen molar-refractivity contribution in [1.82, 2.24) is 20.9 Å². The molecular formula is C16H22FN5O2. The first-order valence-electron chi connectivity index (χ1n) is 8.21. The van der Waals surface area contributed by atoms with Gasteiger partial charge in [0.25, 0.3) is 5.91 Å². The zero-order valence-corrected chi connectivity index (χ0v) is 13.5. The second-order valence-corrected chi connectivity index (χ2v) is 5.90. The number of nitrogens with one attached hydrogen (secondary N) is 3. The van der Waals surface area contributed by atoms with E-state index >= 15 is 0 Å². The normalized spacial score (nSPS) is 18.5. The lowest BCUT2D eigenvalue weighted by molar-refractivity contribution is 0.0943. The van der Waals surface area contributed by atoms with Crippen LogP contribution in [-0.4, -0.2) is 69.2 Å². The van der Waals surface area contributed by atoms with Crippen molar-refractivity contribution in [2.75, 3.05) is 57.3 Å². The Balaban J connectivity index is 1.60. The maximum Gasteiger partial charge on any atom is 0.321 e. The van der Waals surface area contributed by atoms with Crippen LogP contribution in [0.5, 0.6) is 0 Å². The van der Waals surface area contributed by atoms with E-state index in [0.29, 0.717) is 25.3 Å². The van der Waals surface area contributed by atoms with Gasteiger partial charge >= 0.3 is 6.03 Å². The molecule has 1 aromatic rings. The molecule has 3 rings (SSSR count). The summed E-state index contributed by atoms with van der Waals surface area (Å²) in [5.74, 6) is -1.04. The number of hydrogen-bond acceptors (Lipinski definition) is 4. The molecule has 3 N–H and O–H groups in total. The number of anilines is 1. The maximum atomic E-state index is 14.0. The van der Waals surface area contributed by atoms with Crippen LogP contribution in [0.3, 0.4) is 0 Å². The summed E-state index contributed by atoms with van der Waals surface area (Å²) in [5, 5.41) is 8.71. The van der Waals surface area contributed by atoms with Gasteiger partial charge in [-0.25, -0.2) is 9.18 Å². The van der Waals surface area contributed by atoms with E-state index in [9.17, 15) is 14.0 Å². The molecule has 2 aliphatic heterocycles. The van der Waals surface area contributed by atoms with Crippen LogP contribution in [0.15, 0.2) is 18.2 Å². The molecule has 3 amide bonds. The predicted octanol–water partition coefficient (Wildman–Crippen LogP) is -0.00970. The molecule has 2 saturated heterocycles. The Morgan fingerprint density at radius 1 is 1.21 bits per heavy atom. The number of halogens is 1. The first kappa shape index (κ1) is 16.7. The zero-order chi connectivity index (χ0) is 16.9. The smallest absolute Gasteiger partial charge is 0.321 e. The van der Waals surface area contributed by atoms with Crippen molar-refractivity contribution in [1.29, 1.82) is 0 Å². The second-order valence-electron chi connectivity index (χ2n) is 5.90. The molecule has 1 aromatic carbocycles. The van der Waals surface area contributed by atoms with Crippen molar-refractivity contribution in [2.45, 2.75) is 0 Å². The lowest BCUT2D eigenvalue weighted by Crippen LogP contribution is -2.46. The molecule has 130 valence electrons. The minimum atomic E-state index is -0.585. The summed E-state index contributed by atoms with van der Waals surface area (Å²) >= 11 is 0. The lowest BCUT2D eigenvalue weighted by Gasteiger charge is -2.27. The number of amides is 3. The molecule has 7 nitrogen and oxygen atoms in total. The second kappa shape index (κ2) is 7.59. The Labute approximate surface area is 140 Å². The van der Waals surface area contributed by atoms with Gasteiger partial charge in [-0.05, 0) is 18.2 Å². The third-order valence-electron chi connectivity index (χ3n) is 4.29. The van der Waals surface area contributed by atoms with Gasteiger partial charge in [-0.3, -0.25) is 14.6 Å². The molecule has 0 radical (unpaired) electrons. The molecule has 0 aliphatic carbocycles. The highest BCUT2D eigenvalue weighted by molar-refractivity contribution is 5.98. The Morgan fingerprint density at radius 2 is 2.00 bits per heavy atom. The summed E-state index contributed by atoms with van der Waals surface area (Å²) < 4.78 is 14.0. The SMILES string of the molecule is O=C(NCCN1CCNCC1)c1cc(N2CCNC2=O)ccc1F. The van der Waals surface area contributed by atoms with Crippen molar-refractivity contribution in [2.24, 2.45) is 0 Å². The molecule has 2 heterocycles. The fraction of sp³-hybridized carbons (Fsp3) is 0.500. The number of carbonyl (C=O) groups is 2. The van der Waals surface area contributed by atoms with Gasteiger partial charge in [-0.15, -0.1) is 0 Å². The lowest BCUT2D eigenvalue weighted by atomic mass is 10.1. The van der Waals surface area contributed by atoms with E-state index in [2.05, 4.69) is 20.9 Å². The number of benzene rings is 1. The van der Waals surface area contributed by atoms with E-state index in [4.69, 9.17) is 0 Å². The van der Waals surface area contributed by atoms with Crippen LogP contribution < -0.4 is 20.9 Å². The van der Waals surface area contributed by atoms with Gasteiger partial charge in [-0.1, -0.05) is 0 Å². The van der Waals surface area contributed by atoms with Crippen molar-refractivity contribution in [3.63, 3.8) is 0 Å². The summed E-state index contributed by atoms with van der Waals surface area (Å²) in [6, 6.07) is 3.94. The third kappa shape index (κ3) is 3.82. The summed E-state index contributed by atoms with van der Waals surface area (Å²) in [6.45, 7) is 6.05. The molecular weight excluding hydrogens is 313 g/mol. The van der Waals surface area contributed by atoms with Crippen LogP contribution in [0, 0.1) is 5.82 Å². The topological polar surface area (TPSA) is 76.7 Å². The first-order valence-corrected chi connectivity index (χ1v) is 8.21. The largest absolute Gasteiger partial charge is 0.351 e. The predicted molar refractivity (Wildman–Crippen MR) is 88.8 cm³/mol. The molecule has 2 fully saturated rings. The Kier molecular flexibility index (Phi) is 5.27. The third-order valence-corrected chi connectivity index (χ3v) is 4.29. The van der Waals surface area contributed by atoms with Gasteiger partial charge in [0.05, 0.1) is 5.56 Å². The average molecular weight is 335 g/mol. The molecule has 0 unspecified atom stereocenters. The van der Waals surface area contributed by atoms with Crippen molar-refractivity contribution in [3.8, 4) is 0 Å². The molecule has 24 heavy (non-hydrogen) atoms. The highest BCUT2D eigenvalue weighted by Crippen LogP contribution is 2.20. The number of piperazine rings is 1. The molecule has 8 heteroatoms. The summed E-state index contributed by atoms with van der Waals surface area (Å²) in [7, 11) is 0. The molecule has 0 saturated carbocycles. The van der Waals surface area contributed by atoms with Crippen molar-refractivity contribution < 1.29 is 14.0 Å². The van der Waals surface area contributed by atoms with E-state index in [0.717, 1.165) is 32.7 Å². The van der Waals surface area contributed by atoms with E-state index in [1.807, 2.05) is 0 Å². The molecule has 0 bridgehead atoms. The van der Waals surface area contributed by atoms with Gasteiger partial charge < -0.3 is 16.0 Å². The summed E-state index contributed by atoms with van der Waals surface area (Å²) in [6.07, 6.45) is 0. The Bertz CT molecular complexity index is 618. The van der Waals surface area contributed by atoms with Crippen LogP contribution in [0.2, 0.25) is 0 Å². The Hall–Kier alpha value is -2.19. The van der Waals surface area contributed by atoms with Gasteiger partial charge in [0.2, 0.25) is 0 Å². The quantitative estimate of drug-likeness (QED) is 0.707. The van der Waals surface area contributed by atoms with Gasteiger partial charge in [0, 0.05) is 58.0 Å². The fourth-order valence-electron chi connectivity index (χ4n) is 2.93. The van der Waals surface area contributed by atoms with Crippen LogP contribution in [0.25, 0.3) is 0 Å². The number of nitrogens with zero attached hydrogens (tertiary/aromatic N) is 2. The van der Waals surface area contributed by atoms with Crippen molar-refractivity contribution >= 4 is 17.6 Å². The molecule has 0 spiro atoms. The highest BCUT2D eigenvalue weighted by atomic mass is 19.1. The van der Waals surface area contributed by atoms with Gasteiger partial charge in [0.15, 0.2) is 0 Å². The molecule has 0 aromatic heterocycles. The van der Waals surface area contributed by atoms with Gasteiger partial charge in [-0.2, -0.15) is 0 Å². The van der Waals surface area contributed by atoms with E-state index in [1.54, 1.807) is 0 Å². The zero-order valence-electron chi connectivity index (χ0n) is 13.5. The number of urea groups is 1. The standard InChI is InChI=1S/C16H22FN5O2/c17-14-2-1-12(22-10-6-20-16(22)24)11-13(14)15(23)19-5-9-21-7-3-18-4-8-21/h1-2,11,18H,3-10H2,(H,19,23)(H,20,24). The van der Waals surface area contributed by atoms with Crippen LogP contribution in [0.4, 0.5) is 14.9 Å². The molecule has 0 atom stereocenters. The average Bonchev–Trinajstić information content (AvgIpc) is 3.02. The minimum Gasteiger partial charge on any atom is -0.351 e. The van der Waals surface area contributed by atoms with E-state index in [-0.39, 0.29) is 11.6 Å². The van der Waals surface area contributed by atoms with Crippen LogP contribution in [0.1, 0.15) is 10.4 Å². The van der Waals surface area contributed by atoms with Gasteiger partial charge in [0.1, 0.15) is 5.82 Å². The monoisotopic (exact) mass is 335 g/mol. The van der Waals surface area contributed by atoms with Crippen molar-refractivity contribution in [3.05, 3.63) is 29.6 Å². The minimum absolute atomic E-state index is 0.0347. The summed E-state index contributed by atoms with van der Waals surface area (Å²) in [5.41, 5.74) is 0.492. The summed E-state index contributed by atoms with van der Waals surface area (Å²) in [4.78, 5) is 27.7. The maximum absolute atomic E-state index is 14.0. The Morgan fingerprint density at radius 3 is 2.71 bits per heavy atom. The first-order chi connectivity index (χ1) is 11.6. The van der Waals surface area contributed by atoms with Crippen LogP contribution in [-0.2, 0) is 0 Å². The number of carbonyl (C=O) groups excluding carboxylic acids is 2. The fourth-order valence-corrected chi connectivity index (χ4v) is 2.93. The highest BCUT2D eigenvalue weighted by Gasteiger charge is 2.23. The molecule has 2 aliphatic rings. The van der Waals surface area contributed by atoms with E-state index in [1.165, 1.54) is 23.1 Å².